The quantitative estimate of drug-likeness (QED) is 0.920. The Labute approximate surface area is 103 Å². The van der Waals surface area contributed by atoms with Crippen molar-refractivity contribution < 1.29 is 4.74 Å². The van der Waals surface area contributed by atoms with Crippen molar-refractivity contribution in [2.24, 2.45) is 0 Å². The number of ether oxygens (including phenoxy) is 1. The van der Waals surface area contributed by atoms with Crippen molar-refractivity contribution in [1.29, 1.82) is 0 Å². The lowest BCUT2D eigenvalue weighted by Crippen LogP contribution is -2.30. The number of benzene rings is 1. The van der Waals surface area contributed by atoms with E-state index in [2.05, 4.69) is 39.4 Å². The second-order valence-corrected chi connectivity index (χ2v) is 5.82. The summed E-state index contributed by atoms with van der Waals surface area (Å²) in [5, 5.41) is 3.83. The van der Waals surface area contributed by atoms with Gasteiger partial charge in [0.1, 0.15) is 0 Å². The maximum atomic E-state index is 5.19. The van der Waals surface area contributed by atoms with Gasteiger partial charge in [0.15, 0.2) is 0 Å². The van der Waals surface area contributed by atoms with E-state index in [1.54, 1.807) is 0 Å². The Kier molecular flexibility index (Phi) is 4.08. The van der Waals surface area contributed by atoms with Crippen LogP contribution >= 0.6 is 27.7 Å². The minimum absolute atomic E-state index is 0.634. The molecule has 1 heterocycles. The summed E-state index contributed by atoms with van der Waals surface area (Å²) in [7, 11) is 1.98. The Balaban J connectivity index is 2.13. The van der Waals surface area contributed by atoms with E-state index in [9.17, 15) is 0 Å². The van der Waals surface area contributed by atoms with E-state index in [1.807, 2.05) is 18.8 Å². The van der Waals surface area contributed by atoms with Crippen LogP contribution in [0.2, 0.25) is 0 Å². The van der Waals surface area contributed by atoms with Crippen molar-refractivity contribution in [3.05, 3.63) is 28.2 Å². The third kappa shape index (κ3) is 2.97. The standard InChI is InChI=1S/C11H14BrNOS/c1-13-5-8-2-3-9(12)4-11(8)15-10-6-14-7-10/h2-4,10,13H,5-7H2,1H3. The van der Waals surface area contributed by atoms with Gasteiger partial charge in [-0.2, -0.15) is 0 Å². The molecule has 0 radical (unpaired) electrons. The molecule has 0 amide bonds. The minimum Gasteiger partial charge on any atom is -0.379 e. The first-order chi connectivity index (χ1) is 7.29. The van der Waals surface area contributed by atoms with E-state index < -0.39 is 0 Å². The van der Waals surface area contributed by atoms with Crippen LogP contribution < -0.4 is 5.32 Å². The summed E-state index contributed by atoms with van der Waals surface area (Å²) in [6.07, 6.45) is 0. The summed E-state index contributed by atoms with van der Waals surface area (Å²) in [4.78, 5) is 1.35. The molecular weight excluding hydrogens is 274 g/mol. The largest absolute Gasteiger partial charge is 0.379 e. The summed E-state index contributed by atoms with van der Waals surface area (Å²) < 4.78 is 6.33. The summed E-state index contributed by atoms with van der Waals surface area (Å²) in [6.45, 7) is 2.69. The van der Waals surface area contributed by atoms with Gasteiger partial charge in [-0.25, -0.2) is 0 Å². The van der Waals surface area contributed by atoms with Crippen molar-refractivity contribution >= 4 is 27.7 Å². The number of halogens is 1. The number of nitrogens with one attached hydrogen (secondary N) is 1. The molecule has 0 spiro atoms. The van der Waals surface area contributed by atoms with Gasteiger partial charge in [-0.05, 0) is 24.7 Å². The number of hydrogen-bond donors (Lipinski definition) is 1. The second-order valence-electron chi connectivity index (χ2n) is 3.56. The van der Waals surface area contributed by atoms with Crippen LogP contribution in [-0.4, -0.2) is 25.5 Å². The monoisotopic (exact) mass is 287 g/mol. The zero-order valence-electron chi connectivity index (χ0n) is 8.63. The molecular formula is C11H14BrNOS. The lowest BCUT2D eigenvalue weighted by Gasteiger charge is -2.26. The molecule has 1 fully saturated rings. The Morgan fingerprint density at radius 3 is 2.93 bits per heavy atom. The minimum atomic E-state index is 0.634. The molecule has 82 valence electrons. The molecule has 0 bridgehead atoms. The molecule has 0 atom stereocenters. The molecule has 2 rings (SSSR count). The van der Waals surface area contributed by atoms with Gasteiger partial charge in [0, 0.05) is 15.9 Å². The normalized spacial score (nSPS) is 16.4. The van der Waals surface area contributed by atoms with E-state index in [0.717, 1.165) is 24.2 Å². The SMILES string of the molecule is CNCc1ccc(Br)cc1SC1COC1. The molecule has 1 saturated heterocycles. The molecule has 0 aliphatic carbocycles. The lowest BCUT2D eigenvalue weighted by atomic mass is 10.2. The van der Waals surface area contributed by atoms with Crippen LogP contribution in [0.4, 0.5) is 0 Å². The second kappa shape index (κ2) is 5.34. The fourth-order valence-electron chi connectivity index (χ4n) is 1.44. The van der Waals surface area contributed by atoms with Gasteiger partial charge in [-0.15, -0.1) is 11.8 Å². The Bertz CT molecular complexity index is 341. The van der Waals surface area contributed by atoms with Gasteiger partial charge in [-0.1, -0.05) is 22.0 Å². The van der Waals surface area contributed by atoms with Crippen LogP contribution in [0.25, 0.3) is 0 Å². The zero-order valence-corrected chi connectivity index (χ0v) is 11.0. The third-order valence-corrected chi connectivity index (χ3v) is 4.03. The average Bonchev–Trinajstić information content (AvgIpc) is 2.16. The first-order valence-electron chi connectivity index (χ1n) is 4.97. The van der Waals surface area contributed by atoms with Gasteiger partial charge in [0.2, 0.25) is 0 Å². The topological polar surface area (TPSA) is 21.3 Å². The molecule has 0 unspecified atom stereocenters. The van der Waals surface area contributed by atoms with Crippen LogP contribution in [0.5, 0.6) is 0 Å². The van der Waals surface area contributed by atoms with Gasteiger partial charge in [0.05, 0.1) is 18.5 Å². The van der Waals surface area contributed by atoms with Crippen molar-refractivity contribution in [1.82, 2.24) is 5.32 Å². The molecule has 1 aliphatic heterocycles. The van der Waals surface area contributed by atoms with Crippen LogP contribution in [0.3, 0.4) is 0 Å². The fourth-order valence-corrected chi connectivity index (χ4v) is 3.12. The maximum absolute atomic E-state index is 5.19. The van der Waals surface area contributed by atoms with Gasteiger partial charge in [-0.3, -0.25) is 0 Å². The highest BCUT2D eigenvalue weighted by Gasteiger charge is 2.20. The van der Waals surface area contributed by atoms with Gasteiger partial charge >= 0.3 is 0 Å². The number of hydrogen-bond acceptors (Lipinski definition) is 3. The average molecular weight is 288 g/mol. The zero-order chi connectivity index (χ0) is 10.7. The molecule has 1 aromatic rings. The van der Waals surface area contributed by atoms with Crippen LogP contribution in [-0.2, 0) is 11.3 Å². The van der Waals surface area contributed by atoms with Gasteiger partial charge < -0.3 is 10.1 Å². The third-order valence-electron chi connectivity index (χ3n) is 2.30. The van der Waals surface area contributed by atoms with Crippen molar-refractivity contribution in [2.45, 2.75) is 16.7 Å². The number of thioether (sulfide) groups is 1. The van der Waals surface area contributed by atoms with E-state index >= 15 is 0 Å². The number of rotatable bonds is 4. The van der Waals surface area contributed by atoms with Crippen LogP contribution in [0.1, 0.15) is 5.56 Å². The highest BCUT2D eigenvalue weighted by Crippen LogP contribution is 2.32. The van der Waals surface area contributed by atoms with Crippen molar-refractivity contribution in [3.63, 3.8) is 0 Å². The summed E-state index contributed by atoms with van der Waals surface area (Å²) in [6, 6.07) is 6.45. The highest BCUT2D eigenvalue weighted by atomic mass is 79.9. The summed E-state index contributed by atoms with van der Waals surface area (Å²) >= 11 is 5.43. The molecule has 2 nitrogen and oxygen atoms in total. The molecule has 15 heavy (non-hydrogen) atoms. The first-order valence-corrected chi connectivity index (χ1v) is 6.64. The van der Waals surface area contributed by atoms with Crippen molar-refractivity contribution in [3.8, 4) is 0 Å². The first kappa shape index (κ1) is 11.5. The summed E-state index contributed by atoms with van der Waals surface area (Å²) in [5.74, 6) is 0. The van der Waals surface area contributed by atoms with E-state index in [4.69, 9.17) is 4.74 Å². The Morgan fingerprint density at radius 1 is 1.53 bits per heavy atom. The Hall–Kier alpha value is -0.0300. The highest BCUT2D eigenvalue weighted by molar-refractivity contribution is 9.10. The van der Waals surface area contributed by atoms with Gasteiger partial charge in [0.25, 0.3) is 0 Å². The Morgan fingerprint density at radius 2 is 2.33 bits per heavy atom. The van der Waals surface area contributed by atoms with E-state index in [-0.39, 0.29) is 0 Å². The van der Waals surface area contributed by atoms with E-state index in [1.165, 1.54) is 10.5 Å². The molecule has 1 aromatic carbocycles. The lowest BCUT2D eigenvalue weighted by molar-refractivity contribution is 0.0455. The smallest absolute Gasteiger partial charge is 0.0611 e. The molecule has 1 N–H and O–H groups in total. The van der Waals surface area contributed by atoms with Crippen LogP contribution in [0, 0.1) is 0 Å². The maximum Gasteiger partial charge on any atom is 0.0611 e. The van der Waals surface area contributed by atoms with Crippen molar-refractivity contribution in [2.75, 3.05) is 20.3 Å². The van der Waals surface area contributed by atoms with Crippen LogP contribution in [0.15, 0.2) is 27.6 Å². The molecule has 4 heteroatoms. The molecule has 0 aromatic heterocycles. The van der Waals surface area contributed by atoms with E-state index in [0.29, 0.717) is 5.25 Å². The summed E-state index contributed by atoms with van der Waals surface area (Å²) in [5.41, 5.74) is 1.36. The predicted molar refractivity (Wildman–Crippen MR) is 67.4 cm³/mol. The molecule has 1 aliphatic rings. The predicted octanol–water partition coefficient (Wildman–Crippen LogP) is 2.66. The molecule has 0 saturated carbocycles. The fraction of sp³-hybridized carbons (Fsp3) is 0.455.